The molecular formula is C17H16ClN3O2. The van der Waals surface area contributed by atoms with Gasteiger partial charge in [0.1, 0.15) is 5.69 Å². The Labute approximate surface area is 139 Å². The zero-order valence-electron chi connectivity index (χ0n) is 12.6. The smallest absolute Gasteiger partial charge is 0.274 e. The van der Waals surface area contributed by atoms with Crippen molar-refractivity contribution in [3.05, 3.63) is 71.0 Å². The van der Waals surface area contributed by atoms with Gasteiger partial charge in [-0.3, -0.25) is 14.6 Å². The number of rotatable bonds is 5. The second-order valence-corrected chi connectivity index (χ2v) is 5.28. The van der Waals surface area contributed by atoms with Crippen molar-refractivity contribution in [1.29, 1.82) is 0 Å². The molecule has 2 amide bonds. The molecule has 0 aliphatic rings. The van der Waals surface area contributed by atoms with Gasteiger partial charge in [0.25, 0.3) is 11.8 Å². The van der Waals surface area contributed by atoms with Crippen molar-refractivity contribution < 1.29 is 9.59 Å². The fraction of sp³-hybridized carbons (Fsp3) is 0.118. The van der Waals surface area contributed by atoms with E-state index in [0.29, 0.717) is 22.8 Å². The highest BCUT2D eigenvalue weighted by molar-refractivity contribution is 6.31. The minimum Gasteiger partial charge on any atom is -0.349 e. The highest BCUT2D eigenvalue weighted by Crippen LogP contribution is 2.20. The molecule has 0 bridgehead atoms. The molecule has 1 aromatic heterocycles. The lowest BCUT2D eigenvalue weighted by Crippen LogP contribution is -2.24. The van der Waals surface area contributed by atoms with Gasteiger partial charge in [-0.1, -0.05) is 23.7 Å². The molecule has 5 nitrogen and oxygen atoms in total. The third-order valence-electron chi connectivity index (χ3n) is 3.11. The summed E-state index contributed by atoms with van der Waals surface area (Å²) in [7, 11) is 0. The van der Waals surface area contributed by atoms with Crippen LogP contribution in [0.5, 0.6) is 0 Å². The highest BCUT2D eigenvalue weighted by Gasteiger charge is 2.12. The van der Waals surface area contributed by atoms with E-state index < -0.39 is 5.91 Å². The first-order valence-electron chi connectivity index (χ1n) is 6.94. The monoisotopic (exact) mass is 329 g/mol. The molecule has 6 heteroatoms. The number of nitrogens with zero attached hydrogens (tertiary/aromatic N) is 1. The van der Waals surface area contributed by atoms with E-state index >= 15 is 0 Å². The lowest BCUT2D eigenvalue weighted by atomic mass is 10.2. The van der Waals surface area contributed by atoms with Gasteiger partial charge in [-0.25, -0.2) is 0 Å². The van der Waals surface area contributed by atoms with E-state index in [9.17, 15) is 9.59 Å². The third-order valence-corrected chi connectivity index (χ3v) is 3.34. The summed E-state index contributed by atoms with van der Waals surface area (Å²) in [6.07, 6.45) is 3.00. The van der Waals surface area contributed by atoms with Gasteiger partial charge < -0.3 is 10.6 Å². The highest BCUT2D eigenvalue weighted by atomic mass is 35.5. The Morgan fingerprint density at radius 3 is 2.78 bits per heavy atom. The number of carbonyl (C=O) groups is 2. The Kier molecular flexibility index (Phi) is 5.49. The van der Waals surface area contributed by atoms with Crippen LogP contribution in [0.15, 0.2) is 49.2 Å². The van der Waals surface area contributed by atoms with Gasteiger partial charge in [-0.2, -0.15) is 0 Å². The van der Waals surface area contributed by atoms with Crippen LogP contribution in [-0.4, -0.2) is 23.3 Å². The van der Waals surface area contributed by atoms with Crippen molar-refractivity contribution in [2.45, 2.75) is 6.92 Å². The molecule has 0 aliphatic carbocycles. The Bertz CT molecular complexity index is 759. The van der Waals surface area contributed by atoms with Gasteiger partial charge in [0, 0.05) is 29.0 Å². The van der Waals surface area contributed by atoms with E-state index in [2.05, 4.69) is 22.2 Å². The van der Waals surface area contributed by atoms with Crippen molar-refractivity contribution in [2.24, 2.45) is 0 Å². The van der Waals surface area contributed by atoms with Crippen LogP contribution < -0.4 is 10.6 Å². The second kappa shape index (κ2) is 7.56. The van der Waals surface area contributed by atoms with Crippen LogP contribution in [0.25, 0.3) is 0 Å². The van der Waals surface area contributed by atoms with Crippen LogP contribution in [0.1, 0.15) is 26.4 Å². The third kappa shape index (κ3) is 4.40. The summed E-state index contributed by atoms with van der Waals surface area (Å²) in [5.74, 6) is -0.700. The number of aryl methyl sites for hydroxylation is 1. The number of carbonyl (C=O) groups excluding carboxylic acids is 2. The molecule has 0 atom stereocenters. The Morgan fingerprint density at radius 1 is 1.26 bits per heavy atom. The average molecular weight is 330 g/mol. The molecule has 1 aromatic carbocycles. The first kappa shape index (κ1) is 16.7. The molecule has 118 valence electrons. The molecule has 0 unspecified atom stereocenters. The fourth-order valence-electron chi connectivity index (χ4n) is 1.88. The maximum atomic E-state index is 12.3. The average Bonchev–Trinajstić information content (AvgIpc) is 2.56. The van der Waals surface area contributed by atoms with E-state index in [0.717, 1.165) is 5.56 Å². The van der Waals surface area contributed by atoms with E-state index in [1.807, 2.05) is 13.0 Å². The first-order chi connectivity index (χ1) is 11.0. The van der Waals surface area contributed by atoms with Gasteiger partial charge in [-0.05, 0) is 36.8 Å². The maximum absolute atomic E-state index is 12.3. The summed E-state index contributed by atoms with van der Waals surface area (Å²) in [4.78, 5) is 28.2. The van der Waals surface area contributed by atoms with Crippen molar-refractivity contribution in [1.82, 2.24) is 10.3 Å². The lowest BCUT2D eigenvalue weighted by molar-refractivity contribution is 0.0958. The van der Waals surface area contributed by atoms with E-state index in [1.54, 1.807) is 24.3 Å². The fourth-order valence-corrected chi connectivity index (χ4v) is 2.05. The standard InChI is InChI=1S/C17H16ClN3O2/c1-3-7-20-16(22)12-6-8-19-15(9-12)17(23)21-14-10-13(18)5-4-11(14)2/h3-6,8-10H,1,7H2,2H3,(H,20,22)(H,21,23). The van der Waals surface area contributed by atoms with E-state index in [1.165, 1.54) is 12.3 Å². The number of nitrogens with one attached hydrogen (secondary N) is 2. The molecule has 2 aromatic rings. The normalized spacial score (nSPS) is 10.0. The molecular weight excluding hydrogens is 314 g/mol. The van der Waals surface area contributed by atoms with E-state index in [-0.39, 0.29) is 11.6 Å². The van der Waals surface area contributed by atoms with Crippen LogP contribution in [-0.2, 0) is 0 Å². The molecule has 0 radical (unpaired) electrons. The summed E-state index contributed by atoms with van der Waals surface area (Å²) in [6.45, 7) is 5.74. The Morgan fingerprint density at radius 2 is 2.04 bits per heavy atom. The van der Waals surface area contributed by atoms with Crippen molar-refractivity contribution in [2.75, 3.05) is 11.9 Å². The summed E-state index contributed by atoms with van der Waals surface area (Å²) >= 11 is 5.93. The quantitative estimate of drug-likeness (QED) is 0.827. The molecule has 0 saturated heterocycles. The first-order valence-corrected chi connectivity index (χ1v) is 7.31. The van der Waals surface area contributed by atoms with Gasteiger partial charge >= 0.3 is 0 Å². The summed E-state index contributed by atoms with van der Waals surface area (Å²) in [6, 6.07) is 8.20. The molecule has 0 aliphatic heterocycles. The van der Waals surface area contributed by atoms with Gasteiger partial charge in [0.15, 0.2) is 0 Å². The van der Waals surface area contributed by atoms with E-state index in [4.69, 9.17) is 11.6 Å². The predicted octanol–water partition coefficient (Wildman–Crippen LogP) is 3.21. The van der Waals surface area contributed by atoms with Crippen molar-refractivity contribution in [3.63, 3.8) is 0 Å². The molecule has 1 heterocycles. The van der Waals surface area contributed by atoms with Crippen molar-refractivity contribution >= 4 is 29.1 Å². The number of anilines is 1. The molecule has 0 saturated carbocycles. The number of aromatic nitrogens is 1. The van der Waals surface area contributed by atoms with Crippen LogP contribution in [0.3, 0.4) is 0 Å². The zero-order chi connectivity index (χ0) is 16.8. The zero-order valence-corrected chi connectivity index (χ0v) is 13.4. The summed E-state index contributed by atoms with van der Waals surface area (Å²) in [5, 5.41) is 5.91. The van der Waals surface area contributed by atoms with Crippen molar-refractivity contribution in [3.8, 4) is 0 Å². The summed E-state index contributed by atoms with van der Waals surface area (Å²) in [5.41, 5.74) is 1.99. The Hall–Kier alpha value is -2.66. The molecule has 23 heavy (non-hydrogen) atoms. The number of amides is 2. The topological polar surface area (TPSA) is 71.1 Å². The number of halogens is 1. The van der Waals surface area contributed by atoms with Crippen LogP contribution >= 0.6 is 11.6 Å². The van der Waals surface area contributed by atoms with Gasteiger partial charge in [-0.15, -0.1) is 6.58 Å². The molecule has 0 spiro atoms. The number of benzene rings is 1. The Balaban J connectivity index is 2.18. The number of hydrogen-bond acceptors (Lipinski definition) is 3. The predicted molar refractivity (Wildman–Crippen MR) is 90.9 cm³/mol. The van der Waals surface area contributed by atoms with Gasteiger partial charge in [0.2, 0.25) is 0 Å². The second-order valence-electron chi connectivity index (χ2n) is 4.84. The largest absolute Gasteiger partial charge is 0.349 e. The number of pyridine rings is 1. The molecule has 0 fully saturated rings. The van der Waals surface area contributed by atoms with Gasteiger partial charge in [0.05, 0.1) is 0 Å². The maximum Gasteiger partial charge on any atom is 0.274 e. The SMILES string of the molecule is C=CCNC(=O)c1ccnc(C(=O)Nc2cc(Cl)ccc2C)c1. The number of hydrogen-bond donors (Lipinski definition) is 2. The minimum absolute atomic E-state index is 0.149. The minimum atomic E-state index is -0.409. The summed E-state index contributed by atoms with van der Waals surface area (Å²) < 4.78 is 0. The molecule has 2 N–H and O–H groups in total. The lowest BCUT2D eigenvalue weighted by Gasteiger charge is -2.09. The molecule has 2 rings (SSSR count). The van der Waals surface area contributed by atoms with Crippen LogP contribution in [0.4, 0.5) is 5.69 Å². The van der Waals surface area contributed by atoms with Crippen LogP contribution in [0, 0.1) is 6.92 Å². The van der Waals surface area contributed by atoms with Crippen LogP contribution in [0.2, 0.25) is 5.02 Å².